The summed E-state index contributed by atoms with van der Waals surface area (Å²) in [4.78, 5) is 20.8. The van der Waals surface area contributed by atoms with Gasteiger partial charge in [0.25, 0.3) is 0 Å². The number of rotatable bonds is 7. The number of carbonyl (C=O) groups excluding carboxylic acids is 1. The number of nitrogens with one attached hydrogen (secondary N) is 2. The molecule has 0 amide bonds. The van der Waals surface area contributed by atoms with Crippen molar-refractivity contribution in [2.75, 3.05) is 10.5 Å². The maximum absolute atomic E-state index is 14.8. The molecule has 2 aromatic heterocycles. The molecule has 2 N–H and O–H groups in total. The van der Waals surface area contributed by atoms with E-state index in [9.17, 15) is 13.4 Å². The van der Waals surface area contributed by atoms with E-state index < -0.39 is 22.6 Å². The molecule has 2 aromatic carbocycles. The third kappa shape index (κ3) is 4.31. The van der Waals surface area contributed by atoms with E-state index in [4.69, 9.17) is 11.6 Å². The number of nitrogens with zero attached hydrogens (tertiary/aromatic N) is 1. The molecule has 5 nitrogen and oxygen atoms in total. The van der Waals surface area contributed by atoms with Gasteiger partial charge in [0, 0.05) is 39.7 Å². The van der Waals surface area contributed by atoms with Crippen molar-refractivity contribution < 1.29 is 13.4 Å². The van der Waals surface area contributed by atoms with Crippen LogP contribution >= 0.6 is 11.6 Å². The molecule has 0 fully saturated rings. The van der Waals surface area contributed by atoms with Crippen molar-refractivity contribution in [3.8, 4) is 11.1 Å². The van der Waals surface area contributed by atoms with Gasteiger partial charge >= 0.3 is 0 Å². The summed E-state index contributed by atoms with van der Waals surface area (Å²) in [5, 5.41) is 1.22. The first-order valence-electron chi connectivity index (χ1n) is 10.1. The Morgan fingerprint density at radius 2 is 1.94 bits per heavy atom. The van der Waals surface area contributed by atoms with Gasteiger partial charge in [-0.25, -0.2) is 13.6 Å². The first-order chi connectivity index (χ1) is 15.4. The van der Waals surface area contributed by atoms with Gasteiger partial charge in [0.2, 0.25) is 0 Å². The number of benzene rings is 2. The highest BCUT2D eigenvalue weighted by Gasteiger charge is 2.23. The molecular weight excluding hydrogens is 449 g/mol. The molecule has 0 saturated carbocycles. The summed E-state index contributed by atoms with van der Waals surface area (Å²) >= 11 is 5.98. The van der Waals surface area contributed by atoms with Crippen molar-refractivity contribution in [3.05, 3.63) is 82.4 Å². The van der Waals surface area contributed by atoms with Gasteiger partial charge in [0.15, 0.2) is 5.78 Å². The average Bonchev–Trinajstić information content (AvgIpc) is 3.20. The van der Waals surface area contributed by atoms with Crippen molar-refractivity contribution >= 4 is 45.1 Å². The third-order valence-electron chi connectivity index (χ3n) is 5.21. The molecule has 8 heteroatoms. The van der Waals surface area contributed by atoms with Gasteiger partial charge in [-0.1, -0.05) is 30.7 Å². The minimum absolute atomic E-state index is 0.0544. The van der Waals surface area contributed by atoms with E-state index in [1.54, 1.807) is 31.5 Å². The van der Waals surface area contributed by atoms with E-state index in [0.717, 1.165) is 17.5 Å². The number of hydrogen-bond acceptors (Lipinski definition) is 3. The quantitative estimate of drug-likeness (QED) is 0.324. The fourth-order valence-electron chi connectivity index (χ4n) is 3.55. The van der Waals surface area contributed by atoms with Gasteiger partial charge in [-0.05, 0) is 54.8 Å². The highest BCUT2D eigenvalue weighted by Crippen LogP contribution is 2.30. The fourth-order valence-corrected chi connectivity index (χ4v) is 4.62. The normalized spacial score (nSPS) is 12.1. The summed E-state index contributed by atoms with van der Waals surface area (Å²) in [7, 11) is -1.30. The summed E-state index contributed by atoms with van der Waals surface area (Å²) in [5.41, 5.74) is 3.39. The molecule has 0 bridgehead atoms. The highest BCUT2D eigenvalue weighted by atomic mass is 35.5. The monoisotopic (exact) mass is 469 g/mol. The van der Waals surface area contributed by atoms with Crippen LogP contribution in [0.1, 0.15) is 34.8 Å². The molecule has 0 aliphatic rings. The van der Waals surface area contributed by atoms with Gasteiger partial charge in [-0.15, -0.1) is 0 Å². The van der Waals surface area contributed by atoms with Crippen molar-refractivity contribution in [1.29, 1.82) is 0 Å². The Hall–Kier alpha value is -3.03. The third-order valence-corrected chi connectivity index (χ3v) is 6.69. The Labute approximate surface area is 192 Å². The molecule has 1 unspecified atom stereocenters. The van der Waals surface area contributed by atoms with E-state index in [-0.39, 0.29) is 5.56 Å². The maximum Gasteiger partial charge on any atom is 0.198 e. The van der Waals surface area contributed by atoms with Crippen molar-refractivity contribution in [1.82, 2.24) is 9.97 Å². The number of aromatic amines is 1. The van der Waals surface area contributed by atoms with E-state index in [0.29, 0.717) is 38.6 Å². The Morgan fingerprint density at radius 1 is 1.19 bits per heavy atom. The molecule has 0 spiro atoms. The molecule has 2 heterocycles. The molecule has 164 valence electrons. The second-order valence-electron chi connectivity index (χ2n) is 7.41. The number of halogens is 2. The highest BCUT2D eigenvalue weighted by molar-refractivity contribution is 7.86. The Balaban J connectivity index is 1.76. The second kappa shape index (κ2) is 9.22. The topological polar surface area (TPSA) is 74.8 Å². The number of anilines is 1. The molecule has 4 aromatic rings. The van der Waals surface area contributed by atoms with Crippen LogP contribution in [0.25, 0.3) is 22.2 Å². The molecule has 0 saturated heterocycles. The number of pyridine rings is 1. The molecule has 0 aliphatic heterocycles. The maximum atomic E-state index is 14.8. The van der Waals surface area contributed by atoms with Crippen molar-refractivity contribution in [2.24, 2.45) is 0 Å². The fraction of sp³-hybridized carbons (Fsp3) is 0.167. The Kier molecular flexibility index (Phi) is 6.39. The van der Waals surface area contributed by atoms with Gasteiger partial charge in [0.05, 0.1) is 11.3 Å². The van der Waals surface area contributed by atoms with Crippen LogP contribution in [0.15, 0.2) is 54.9 Å². The van der Waals surface area contributed by atoms with Crippen LogP contribution in [0, 0.1) is 12.7 Å². The van der Waals surface area contributed by atoms with Crippen LogP contribution in [0.5, 0.6) is 0 Å². The standard InChI is InChI=1S/C24H21ClFN3O2S/c1-3-10-32(31)29-21-9-8-20(26)22(14(21)2)23(30)19-13-28-24-18(19)11-16(12-27-24)15-4-6-17(25)7-5-15/h4-9,11-13,29H,3,10H2,1-2H3,(H,27,28). The lowest BCUT2D eigenvalue weighted by atomic mass is 9.96. The molecule has 4 rings (SSSR count). The number of carbonyl (C=O) groups is 1. The van der Waals surface area contributed by atoms with Crippen LogP contribution in [0.2, 0.25) is 5.02 Å². The van der Waals surface area contributed by atoms with Gasteiger partial charge < -0.3 is 9.71 Å². The lowest BCUT2D eigenvalue weighted by Gasteiger charge is -2.13. The van der Waals surface area contributed by atoms with Crippen LogP contribution in [0.4, 0.5) is 10.1 Å². The molecule has 32 heavy (non-hydrogen) atoms. The Bertz CT molecular complexity index is 1340. The first kappa shape index (κ1) is 22.2. The zero-order valence-electron chi connectivity index (χ0n) is 17.5. The number of fused-ring (bicyclic) bond motifs is 1. The number of hydrogen-bond donors (Lipinski definition) is 2. The van der Waals surface area contributed by atoms with Gasteiger partial charge in [-0.3, -0.25) is 4.79 Å². The SMILES string of the molecule is CCCS(=O)Nc1ccc(F)c(C(=O)c2c[nH]c3ncc(-c4ccc(Cl)cc4)cc23)c1C. The number of aromatic nitrogens is 2. The Morgan fingerprint density at radius 3 is 2.66 bits per heavy atom. The van der Waals surface area contributed by atoms with E-state index in [2.05, 4.69) is 14.7 Å². The van der Waals surface area contributed by atoms with E-state index in [1.807, 2.05) is 25.1 Å². The zero-order valence-corrected chi connectivity index (χ0v) is 19.1. The first-order valence-corrected chi connectivity index (χ1v) is 11.8. The lowest BCUT2D eigenvalue weighted by molar-refractivity contribution is 0.103. The van der Waals surface area contributed by atoms with E-state index in [1.165, 1.54) is 12.1 Å². The van der Waals surface area contributed by atoms with Crippen molar-refractivity contribution in [2.45, 2.75) is 20.3 Å². The second-order valence-corrected chi connectivity index (χ2v) is 9.15. The van der Waals surface area contributed by atoms with Crippen LogP contribution in [-0.4, -0.2) is 25.7 Å². The molecular formula is C24H21ClFN3O2S. The van der Waals surface area contributed by atoms with Crippen molar-refractivity contribution in [3.63, 3.8) is 0 Å². The van der Waals surface area contributed by atoms with Gasteiger partial charge in [0.1, 0.15) is 22.5 Å². The van der Waals surface area contributed by atoms with Crippen LogP contribution in [-0.2, 0) is 11.0 Å². The predicted octanol–water partition coefficient (Wildman–Crippen LogP) is 6.05. The largest absolute Gasteiger partial charge is 0.345 e. The summed E-state index contributed by atoms with van der Waals surface area (Å²) in [6.07, 6.45) is 3.99. The van der Waals surface area contributed by atoms with Crippen LogP contribution in [0.3, 0.4) is 0 Å². The minimum atomic E-state index is -1.30. The molecule has 0 radical (unpaired) electrons. The van der Waals surface area contributed by atoms with E-state index >= 15 is 0 Å². The molecule has 1 atom stereocenters. The summed E-state index contributed by atoms with van der Waals surface area (Å²) < 4.78 is 29.8. The summed E-state index contributed by atoms with van der Waals surface area (Å²) in [6.45, 7) is 3.57. The average molecular weight is 470 g/mol. The summed E-state index contributed by atoms with van der Waals surface area (Å²) in [5.74, 6) is -0.636. The minimum Gasteiger partial charge on any atom is -0.345 e. The predicted molar refractivity (Wildman–Crippen MR) is 128 cm³/mol. The van der Waals surface area contributed by atoms with Crippen LogP contribution < -0.4 is 4.72 Å². The van der Waals surface area contributed by atoms with Gasteiger partial charge in [-0.2, -0.15) is 0 Å². The number of ketones is 1. The lowest BCUT2D eigenvalue weighted by Crippen LogP contribution is -2.13. The summed E-state index contributed by atoms with van der Waals surface area (Å²) in [6, 6.07) is 11.9. The zero-order chi connectivity index (χ0) is 22.8. The smallest absolute Gasteiger partial charge is 0.198 e. The number of H-pyrrole nitrogens is 1. The molecule has 0 aliphatic carbocycles.